The SMILES string of the molecule is CCc1cc(C(C)(C)c2cc(C(C)(C)c3cc(COC)c(O)c(COC)c3)cc(C(C)(C)c3cc(COC)c(O)c(COC)c3)c2)cc(COC)c1O. The summed E-state index contributed by atoms with van der Waals surface area (Å²) in [6.07, 6.45) is 0.681. The Morgan fingerprint density at radius 1 is 0.358 bits per heavy atom. The Labute approximate surface area is 316 Å². The second kappa shape index (κ2) is 17.0. The predicted molar refractivity (Wildman–Crippen MR) is 210 cm³/mol. The molecule has 0 unspecified atom stereocenters. The Bertz CT molecular complexity index is 1740. The molecule has 0 aromatic heterocycles. The third-order valence-corrected chi connectivity index (χ3v) is 10.9. The molecule has 0 spiro atoms. The second-order valence-electron chi connectivity index (χ2n) is 15.6. The highest BCUT2D eigenvalue weighted by Gasteiger charge is 2.34. The molecule has 0 heterocycles. The minimum Gasteiger partial charge on any atom is -0.507 e. The van der Waals surface area contributed by atoms with E-state index in [4.69, 9.17) is 23.7 Å². The van der Waals surface area contributed by atoms with Crippen molar-refractivity contribution in [3.05, 3.63) is 121 Å². The Kier molecular flexibility index (Phi) is 13.4. The van der Waals surface area contributed by atoms with Crippen LogP contribution in [0.4, 0.5) is 0 Å². The van der Waals surface area contributed by atoms with Crippen LogP contribution in [0, 0.1) is 0 Å². The van der Waals surface area contributed by atoms with Crippen LogP contribution in [0.15, 0.2) is 54.6 Å². The molecule has 0 saturated carbocycles. The maximum Gasteiger partial charge on any atom is 0.126 e. The van der Waals surface area contributed by atoms with Gasteiger partial charge < -0.3 is 39.0 Å². The largest absolute Gasteiger partial charge is 0.507 e. The van der Waals surface area contributed by atoms with Crippen LogP contribution in [0.5, 0.6) is 17.2 Å². The fraction of sp³-hybridized carbons (Fsp3) is 0.467. The summed E-state index contributed by atoms with van der Waals surface area (Å²) in [6.45, 7) is 16.7. The average Bonchev–Trinajstić information content (AvgIpc) is 3.12. The molecule has 0 fully saturated rings. The summed E-state index contributed by atoms with van der Waals surface area (Å²) in [5.74, 6) is 0.645. The van der Waals surface area contributed by atoms with Crippen LogP contribution in [0.2, 0.25) is 0 Å². The van der Waals surface area contributed by atoms with Crippen LogP contribution in [-0.2, 0) is 79.4 Å². The molecule has 0 aliphatic rings. The smallest absolute Gasteiger partial charge is 0.126 e. The number of aryl methyl sites for hydroxylation is 1. The molecule has 0 atom stereocenters. The molecule has 4 aromatic rings. The molecule has 4 aromatic carbocycles. The summed E-state index contributed by atoms with van der Waals surface area (Å²) < 4.78 is 27.5. The van der Waals surface area contributed by atoms with E-state index in [0.717, 1.165) is 44.5 Å². The number of methoxy groups -OCH3 is 5. The van der Waals surface area contributed by atoms with E-state index in [9.17, 15) is 15.3 Å². The van der Waals surface area contributed by atoms with E-state index in [1.54, 1.807) is 35.5 Å². The Morgan fingerprint density at radius 2 is 0.547 bits per heavy atom. The lowest BCUT2D eigenvalue weighted by atomic mass is 9.68. The molecule has 0 radical (unpaired) electrons. The minimum atomic E-state index is -0.530. The summed E-state index contributed by atoms with van der Waals surface area (Å²) in [5.41, 5.74) is 9.25. The highest BCUT2D eigenvalue weighted by atomic mass is 16.5. The average molecular weight is 729 g/mol. The van der Waals surface area contributed by atoms with Gasteiger partial charge in [-0.2, -0.15) is 0 Å². The quantitative estimate of drug-likeness (QED) is 0.0989. The molecular formula is C45H60O8. The molecular weight excluding hydrogens is 668 g/mol. The van der Waals surface area contributed by atoms with Crippen molar-refractivity contribution in [3.8, 4) is 17.2 Å². The number of phenolic OH excluding ortho intramolecular Hbond substituents is 3. The van der Waals surface area contributed by atoms with Gasteiger partial charge >= 0.3 is 0 Å². The van der Waals surface area contributed by atoms with Crippen LogP contribution >= 0.6 is 0 Å². The standard InChI is InChI=1S/C45H60O8/c1-13-28-14-34(15-29(23-49-8)40(28)46)43(2,3)37-20-38(44(4,5)35-16-30(24-50-9)41(47)31(17-35)25-51-10)22-39(21-37)45(6,7)36-18-32(26-52-11)42(48)33(19-36)27-53-12/h14-22,46-48H,13,23-27H2,1-12H3. The van der Waals surface area contributed by atoms with Gasteiger partial charge in [-0.1, -0.05) is 72.7 Å². The van der Waals surface area contributed by atoms with E-state index >= 15 is 0 Å². The molecule has 0 aliphatic carbocycles. The Morgan fingerprint density at radius 3 is 0.755 bits per heavy atom. The molecule has 53 heavy (non-hydrogen) atoms. The van der Waals surface area contributed by atoms with Crippen molar-refractivity contribution in [2.75, 3.05) is 35.5 Å². The number of hydrogen-bond acceptors (Lipinski definition) is 8. The number of benzene rings is 4. The topological polar surface area (TPSA) is 107 Å². The van der Waals surface area contributed by atoms with Crippen molar-refractivity contribution in [2.45, 2.75) is 104 Å². The normalized spacial score (nSPS) is 12.5. The molecule has 0 aliphatic heterocycles. The van der Waals surface area contributed by atoms with E-state index in [-0.39, 0.29) is 43.7 Å². The van der Waals surface area contributed by atoms with Gasteiger partial charge in [-0.3, -0.25) is 0 Å². The van der Waals surface area contributed by atoms with Gasteiger partial charge in [0.15, 0.2) is 0 Å². The van der Waals surface area contributed by atoms with Crippen LogP contribution in [0.1, 0.15) is 115 Å². The highest BCUT2D eigenvalue weighted by Crippen LogP contribution is 2.45. The number of rotatable bonds is 17. The fourth-order valence-electron chi connectivity index (χ4n) is 7.17. The molecule has 4 rings (SSSR count). The lowest BCUT2D eigenvalue weighted by molar-refractivity contribution is 0.174. The Hall–Kier alpha value is -3.92. The zero-order valence-electron chi connectivity index (χ0n) is 33.8. The third-order valence-electron chi connectivity index (χ3n) is 10.9. The van der Waals surface area contributed by atoms with Gasteiger partial charge in [-0.25, -0.2) is 0 Å². The molecule has 8 heteroatoms. The van der Waals surface area contributed by atoms with Crippen molar-refractivity contribution < 1.29 is 39.0 Å². The second-order valence-corrected chi connectivity index (χ2v) is 15.6. The van der Waals surface area contributed by atoms with Crippen molar-refractivity contribution in [1.82, 2.24) is 0 Å². The van der Waals surface area contributed by atoms with Crippen molar-refractivity contribution in [3.63, 3.8) is 0 Å². The number of ether oxygens (including phenoxy) is 5. The van der Waals surface area contributed by atoms with Crippen molar-refractivity contribution in [2.24, 2.45) is 0 Å². The van der Waals surface area contributed by atoms with Crippen LogP contribution in [0.25, 0.3) is 0 Å². The fourth-order valence-corrected chi connectivity index (χ4v) is 7.17. The van der Waals surface area contributed by atoms with Gasteiger partial charge in [0.05, 0.1) is 33.0 Å². The maximum atomic E-state index is 11.1. The molecule has 0 saturated heterocycles. The lowest BCUT2D eigenvalue weighted by Gasteiger charge is -2.36. The first kappa shape index (κ1) is 41.8. The highest BCUT2D eigenvalue weighted by molar-refractivity contribution is 5.56. The summed E-state index contributed by atoms with van der Waals surface area (Å²) in [7, 11) is 8.13. The monoisotopic (exact) mass is 728 g/mol. The first-order chi connectivity index (χ1) is 25.0. The van der Waals surface area contributed by atoms with E-state index < -0.39 is 16.2 Å². The van der Waals surface area contributed by atoms with Gasteiger partial charge in [-0.05, 0) is 75.7 Å². The molecule has 0 bridgehead atoms. The van der Waals surface area contributed by atoms with Crippen molar-refractivity contribution >= 4 is 0 Å². The lowest BCUT2D eigenvalue weighted by Crippen LogP contribution is -2.27. The van der Waals surface area contributed by atoms with Crippen LogP contribution in [-0.4, -0.2) is 50.9 Å². The summed E-state index contributed by atoms with van der Waals surface area (Å²) in [6, 6.07) is 19.1. The van der Waals surface area contributed by atoms with Gasteiger partial charge in [-0.15, -0.1) is 0 Å². The van der Waals surface area contributed by atoms with Crippen molar-refractivity contribution in [1.29, 1.82) is 0 Å². The zero-order valence-corrected chi connectivity index (χ0v) is 33.8. The first-order valence-corrected chi connectivity index (χ1v) is 18.2. The molecule has 288 valence electrons. The maximum absolute atomic E-state index is 11.1. The van der Waals surface area contributed by atoms with E-state index in [1.807, 2.05) is 31.2 Å². The number of aromatic hydroxyl groups is 3. The molecule has 0 amide bonds. The predicted octanol–water partition coefficient (Wildman–Crippen LogP) is 9.08. The van der Waals surface area contributed by atoms with Gasteiger partial charge in [0, 0.05) is 79.6 Å². The number of hydrogen-bond donors (Lipinski definition) is 3. The van der Waals surface area contributed by atoms with E-state index in [1.165, 1.54) is 0 Å². The zero-order chi connectivity index (χ0) is 39.3. The first-order valence-electron chi connectivity index (χ1n) is 18.2. The summed E-state index contributed by atoms with van der Waals surface area (Å²) in [5, 5.41) is 33.3. The van der Waals surface area contributed by atoms with Gasteiger partial charge in [0.1, 0.15) is 17.2 Å². The van der Waals surface area contributed by atoms with E-state index in [0.29, 0.717) is 35.3 Å². The summed E-state index contributed by atoms with van der Waals surface area (Å²) in [4.78, 5) is 0. The Balaban J connectivity index is 2.07. The van der Waals surface area contributed by atoms with Crippen LogP contribution < -0.4 is 0 Å². The number of phenols is 3. The summed E-state index contributed by atoms with van der Waals surface area (Å²) >= 11 is 0. The minimum absolute atomic E-state index is 0.182. The van der Waals surface area contributed by atoms with E-state index in [2.05, 4.69) is 71.9 Å². The third kappa shape index (κ3) is 8.58. The molecule has 3 N–H and O–H groups in total. The molecule has 8 nitrogen and oxygen atoms in total. The van der Waals surface area contributed by atoms with Crippen LogP contribution in [0.3, 0.4) is 0 Å². The van der Waals surface area contributed by atoms with Gasteiger partial charge in [0.25, 0.3) is 0 Å². The van der Waals surface area contributed by atoms with Gasteiger partial charge in [0.2, 0.25) is 0 Å².